The van der Waals surface area contributed by atoms with E-state index in [2.05, 4.69) is 0 Å². The number of rotatable bonds is 4. The molecule has 0 unspecified atom stereocenters. The molecule has 0 atom stereocenters. The largest absolute Gasteiger partial charge is 0.298 e. The Balaban J connectivity index is 2.22. The minimum atomic E-state index is -4.07. The second kappa shape index (κ2) is 6.34. The fourth-order valence-electron chi connectivity index (χ4n) is 2.41. The van der Waals surface area contributed by atoms with Crippen molar-refractivity contribution in [3.8, 4) is 17.3 Å². The monoisotopic (exact) mass is 354 g/mol. The molecule has 0 radical (unpaired) electrons. The molecule has 0 aliphatic carbocycles. The van der Waals surface area contributed by atoms with E-state index < -0.39 is 15.8 Å². The average molecular weight is 354 g/mol. The van der Waals surface area contributed by atoms with Crippen molar-refractivity contribution in [2.24, 2.45) is 0 Å². The van der Waals surface area contributed by atoms with Crippen LogP contribution in [0.2, 0.25) is 0 Å². The van der Waals surface area contributed by atoms with Crippen LogP contribution in [0.4, 0.5) is 4.39 Å². The second-order valence-electron chi connectivity index (χ2n) is 5.19. The Morgan fingerprint density at radius 2 is 1.76 bits per heavy atom. The molecule has 0 spiro atoms. The summed E-state index contributed by atoms with van der Waals surface area (Å²) in [5, 5.41) is 8.82. The number of benzene rings is 2. The van der Waals surface area contributed by atoms with Gasteiger partial charge in [0.2, 0.25) is 0 Å². The van der Waals surface area contributed by atoms with E-state index >= 15 is 0 Å². The maximum atomic E-state index is 14.1. The van der Waals surface area contributed by atoms with Crippen LogP contribution in [0.5, 0.6) is 0 Å². The highest BCUT2D eigenvalue weighted by atomic mass is 32.2. The third-order valence-corrected chi connectivity index (χ3v) is 5.32. The summed E-state index contributed by atoms with van der Waals surface area (Å²) in [6.07, 6.45) is 1.64. The fraction of sp³-hybridized carbons (Fsp3) is 0. The Hall–Kier alpha value is -3.24. The molecule has 0 saturated heterocycles. The first-order valence-corrected chi connectivity index (χ1v) is 8.59. The van der Waals surface area contributed by atoms with Gasteiger partial charge in [0.15, 0.2) is 6.29 Å². The number of aromatic nitrogens is 1. The highest BCUT2D eigenvalue weighted by molar-refractivity contribution is 7.90. The summed E-state index contributed by atoms with van der Waals surface area (Å²) in [7, 11) is -4.07. The first-order valence-electron chi connectivity index (χ1n) is 7.15. The molecule has 1 heterocycles. The van der Waals surface area contributed by atoms with Gasteiger partial charge in [-0.15, -0.1) is 0 Å². The second-order valence-corrected chi connectivity index (χ2v) is 7.01. The van der Waals surface area contributed by atoms with Gasteiger partial charge in [-0.2, -0.15) is 5.26 Å². The average Bonchev–Trinajstić information content (AvgIpc) is 3.07. The van der Waals surface area contributed by atoms with Crippen LogP contribution in [0.25, 0.3) is 11.3 Å². The number of halogens is 1. The van der Waals surface area contributed by atoms with Gasteiger partial charge < -0.3 is 0 Å². The van der Waals surface area contributed by atoms with Gasteiger partial charge in [-0.25, -0.2) is 16.8 Å². The number of carbonyl (C=O) groups excluding carboxylic acids is 1. The van der Waals surface area contributed by atoms with Gasteiger partial charge in [-0.1, -0.05) is 12.1 Å². The number of nitriles is 1. The Bertz CT molecular complexity index is 1090. The lowest BCUT2D eigenvalue weighted by Gasteiger charge is -2.11. The summed E-state index contributed by atoms with van der Waals surface area (Å²) in [5.74, 6) is -0.602. The van der Waals surface area contributed by atoms with Crippen molar-refractivity contribution >= 4 is 16.3 Å². The van der Waals surface area contributed by atoms with Gasteiger partial charge in [-0.05, 0) is 42.5 Å². The van der Waals surface area contributed by atoms with E-state index in [4.69, 9.17) is 5.26 Å². The van der Waals surface area contributed by atoms with Crippen LogP contribution < -0.4 is 0 Å². The topological polar surface area (TPSA) is 79.9 Å². The van der Waals surface area contributed by atoms with Crippen LogP contribution in [0.15, 0.2) is 65.7 Å². The summed E-state index contributed by atoms with van der Waals surface area (Å²) in [4.78, 5) is 11.0. The normalized spacial score (nSPS) is 11.0. The highest BCUT2D eigenvalue weighted by Gasteiger charge is 2.23. The molecule has 2 aromatic carbocycles. The highest BCUT2D eigenvalue weighted by Crippen LogP contribution is 2.28. The number of hydrogen-bond acceptors (Lipinski definition) is 4. The molecule has 1 aromatic heterocycles. The Kier molecular flexibility index (Phi) is 4.21. The molecule has 3 rings (SSSR count). The standard InChI is InChI=1S/C18H11FN2O3S/c19-17-4-2-1-3-16(17)18-9-14(12-22)11-21(18)25(23,24)15-7-5-13(10-20)6-8-15/h1-9,11-12H. The molecule has 124 valence electrons. The Morgan fingerprint density at radius 3 is 2.36 bits per heavy atom. The predicted octanol–water partition coefficient (Wildman–Crippen LogP) is 3.22. The van der Waals surface area contributed by atoms with E-state index in [1.165, 1.54) is 48.5 Å². The van der Waals surface area contributed by atoms with Gasteiger partial charge in [0, 0.05) is 17.3 Å². The molecule has 7 heteroatoms. The van der Waals surface area contributed by atoms with Gasteiger partial charge >= 0.3 is 0 Å². The van der Waals surface area contributed by atoms with Gasteiger partial charge in [0.05, 0.1) is 22.2 Å². The zero-order valence-electron chi connectivity index (χ0n) is 12.8. The van der Waals surface area contributed by atoms with E-state index in [1.54, 1.807) is 6.07 Å². The zero-order valence-corrected chi connectivity index (χ0v) is 13.6. The first-order chi connectivity index (χ1) is 12.0. The minimum absolute atomic E-state index is 0.0459. The molecule has 0 N–H and O–H groups in total. The summed E-state index contributed by atoms with van der Waals surface area (Å²) in [5.41, 5.74) is 0.530. The van der Waals surface area contributed by atoms with Crippen molar-refractivity contribution in [2.45, 2.75) is 4.90 Å². The molecule has 0 bridgehead atoms. The van der Waals surface area contributed by atoms with Crippen LogP contribution in [-0.2, 0) is 10.0 Å². The smallest absolute Gasteiger partial charge is 0.268 e. The summed E-state index contributed by atoms with van der Waals surface area (Å²) >= 11 is 0. The fourth-order valence-corrected chi connectivity index (χ4v) is 3.79. The first kappa shape index (κ1) is 16.6. The van der Waals surface area contributed by atoms with Crippen molar-refractivity contribution in [1.29, 1.82) is 5.26 Å². The third kappa shape index (κ3) is 2.95. The maximum absolute atomic E-state index is 14.1. The lowest BCUT2D eigenvalue weighted by Crippen LogP contribution is -2.13. The summed E-state index contributed by atoms with van der Waals surface area (Å²) in [6, 6.07) is 14.3. The van der Waals surface area contributed by atoms with Gasteiger partial charge in [-0.3, -0.25) is 4.79 Å². The number of carbonyl (C=O) groups is 1. The van der Waals surface area contributed by atoms with Crippen LogP contribution in [0.3, 0.4) is 0 Å². The third-order valence-electron chi connectivity index (χ3n) is 3.63. The molecule has 25 heavy (non-hydrogen) atoms. The van der Waals surface area contributed by atoms with Crippen LogP contribution >= 0.6 is 0 Å². The van der Waals surface area contributed by atoms with Crippen LogP contribution in [-0.4, -0.2) is 18.7 Å². The predicted molar refractivity (Wildman–Crippen MR) is 89.0 cm³/mol. The molecular weight excluding hydrogens is 343 g/mol. The van der Waals surface area contributed by atoms with Crippen molar-refractivity contribution < 1.29 is 17.6 Å². The molecule has 0 amide bonds. The van der Waals surface area contributed by atoms with Crippen molar-refractivity contribution in [1.82, 2.24) is 3.97 Å². The molecule has 5 nitrogen and oxygen atoms in total. The van der Waals surface area contributed by atoms with E-state index in [0.29, 0.717) is 11.8 Å². The zero-order chi connectivity index (χ0) is 18.0. The van der Waals surface area contributed by atoms with Crippen molar-refractivity contribution in [2.75, 3.05) is 0 Å². The molecule has 3 aromatic rings. The lowest BCUT2D eigenvalue weighted by atomic mass is 10.1. The van der Waals surface area contributed by atoms with Gasteiger partial charge in [0.1, 0.15) is 5.82 Å². The SMILES string of the molecule is N#Cc1ccc(S(=O)(=O)n2cc(C=O)cc2-c2ccccc2F)cc1. The van der Waals surface area contributed by atoms with E-state index in [9.17, 15) is 17.6 Å². The lowest BCUT2D eigenvalue weighted by molar-refractivity contribution is 0.112. The van der Waals surface area contributed by atoms with Crippen molar-refractivity contribution in [3.05, 3.63) is 77.7 Å². The number of nitrogens with zero attached hydrogens (tertiary/aromatic N) is 2. The molecule has 0 fully saturated rings. The van der Waals surface area contributed by atoms with Crippen molar-refractivity contribution in [3.63, 3.8) is 0 Å². The van der Waals surface area contributed by atoms with Gasteiger partial charge in [0.25, 0.3) is 10.0 Å². The maximum Gasteiger partial charge on any atom is 0.268 e. The minimum Gasteiger partial charge on any atom is -0.298 e. The quantitative estimate of drug-likeness (QED) is 0.674. The van der Waals surface area contributed by atoms with E-state index in [1.807, 2.05) is 6.07 Å². The molecule has 0 aliphatic rings. The number of hydrogen-bond donors (Lipinski definition) is 0. The molecule has 0 saturated carbocycles. The summed E-state index contributed by atoms with van der Waals surface area (Å²) in [6.45, 7) is 0. The number of aldehydes is 1. The molecule has 0 aliphatic heterocycles. The summed E-state index contributed by atoms with van der Waals surface area (Å²) < 4.78 is 40.8. The Morgan fingerprint density at radius 1 is 1.08 bits per heavy atom. The van der Waals surface area contributed by atoms with E-state index in [0.717, 1.165) is 10.2 Å². The van der Waals surface area contributed by atoms with E-state index in [-0.39, 0.29) is 21.7 Å². The van der Waals surface area contributed by atoms with Crippen LogP contribution in [0, 0.1) is 17.1 Å². The van der Waals surface area contributed by atoms with Crippen LogP contribution in [0.1, 0.15) is 15.9 Å². The molecular formula is C18H11FN2O3S. The Labute approximate surface area is 143 Å².